The third-order valence-corrected chi connectivity index (χ3v) is 5.05. The Labute approximate surface area is 151 Å². The van der Waals surface area contributed by atoms with E-state index in [-0.39, 0.29) is 19.4 Å². The molecular formula is C20H19NO5. The minimum Gasteiger partial charge on any atom is -0.479 e. The van der Waals surface area contributed by atoms with E-state index < -0.39 is 23.7 Å². The van der Waals surface area contributed by atoms with Gasteiger partial charge in [-0.1, -0.05) is 30.2 Å². The van der Waals surface area contributed by atoms with E-state index in [4.69, 9.17) is 11.2 Å². The molecule has 0 radical (unpaired) electrons. The van der Waals surface area contributed by atoms with Crippen LogP contribution in [0.15, 0.2) is 36.4 Å². The summed E-state index contributed by atoms with van der Waals surface area (Å²) < 4.78 is 5.26. The summed E-state index contributed by atoms with van der Waals surface area (Å²) in [5, 5.41) is 21.3. The molecule has 0 unspecified atom stereocenters. The SMILES string of the molecule is C#Cc1ccc2cccc(C[C@@]3(C(=O)O)C[C@@H](OC)CN3C(=O)O)c2c1. The number of carboxylic acids is 1. The molecule has 0 spiro atoms. The van der Waals surface area contributed by atoms with Gasteiger partial charge in [0, 0.05) is 25.5 Å². The van der Waals surface area contributed by atoms with Gasteiger partial charge in [0.15, 0.2) is 0 Å². The zero-order valence-corrected chi connectivity index (χ0v) is 14.3. The largest absolute Gasteiger partial charge is 0.479 e. The highest BCUT2D eigenvalue weighted by atomic mass is 16.5. The number of methoxy groups -OCH3 is 1. The first-order chi connectivity index (χ1) is 12.4. The van der Waals surface area contributed by atoms with Crippen molar-refractivity contribution < 1.29 is 24.5 Å². The van der Waals surface area contributed by atoms with Crippen molar-refractivity contribution in [2.24, 2.45) is 0 Å². The number of rotatable bonds is 4. The van der Waals surface area contributed by atoms with Crippen molar-refractivity contribution in [1.82, 2.24) is 4.90 Å². The van der Waals surface area contributed by atoms with Crippen LogP contribution in [0.1, 0.15) is 17.5 Å². The molecule has 6 heteroatoms. The van der Waals surface area contributed by atoms with Gasteiger partial charge in [-0.2, -0.15) is 0 Å². The molecule has 2 aromatic carbocycles. The molecule has 1 saturated heterocycles. The smallest absolute Gasteiger partial charge is 0.408 e. The van der Waals surface area contributed by atoms with Crippen LogP contribution < -0.4 is 0 Å². The second-order valence-electron chi connectivity index (χ2n) is 6.47. The van der Waals surface area contributed by atoms with Crippen LogP contribution >= 0.6 is 0 Å². The molecule has 3 rings (SSSR count). The van der Waals surface area contributed by atoms with E-state index in [1.54, 1.807) is 0 Å². The molecule has 6 nitrogen and oxygen atoms in total. The van der Waals surface area contributed by atoms with Crippen LogP contribution in [0, 0.1) is 12.3 Å². The quantitative estimate of drug-likeness (QED) is 0.825. The molecule has 1 aliphatic heterocycles. The lowest BCUT2D eigenvalue weighted by molar-refractivity contribution is -0.148. The van der Waals surface area contributed by atoms with E-state index in [1.165, 1.54) is 7.11 Å². The molecule has 26 heavy (non-hydrogen) atoms. The number of terminal acetylenes is 1. The van der Waals surface area contributed by atoms with Crippen LogP contribution in [0.3, 0.4) is 0 Å². The lowest BCUT2D eigenvalue weighted by atomic mass is 9.85. The van der Waals surface area contributed by atoms with Gasteiger partial charge in [-0.3, -0.25) is 4.90 Å². The second kappa shape index (κ2) is 6.70. The van der Waals surface area contributed by atoms with Gasteiger partial charge in [0.1, 0.15) is 5.54 Å². The number of aliphatic carboxylic acids is 1. The summed E-state index contributed by atoms with van der Waals surface area (Å²) in [6.45, 7) is 0.0263. The summed E-state index contributed by atoms with van der Waals surface area (Å²) in [7, 11) is 1.46. The number of hydrogen-bond donors (Lipinski definition) is 2. The minimum absolute atomic E-state index is 0.0263. The van der Waals surface area contributed by atoms with Crippen molar-refractivity contribution in [3.8, 4) is 12.3 Å². The van der Waals surface area contributed by atoms with Crippen LogP contribution in [-0.2, 0) is 16.0 Å². The molecule has 1 fully saturated rings. The minimum atomic E-state index is -1.58. The van der Waals surface area contributed by atoms with E-state index >= 15 is 0 Å². The molecule has 0 saturated carbocycles. The maximum atomic E-state index is 12.2. The maximum absolute atomic E-state index is 12.2. The van der Waals surface area contributed by atoms with Gasteiger partial charge in [0.25, 0.3) is 0 Å². The van der Waals surface area contributed by atoms with Gasteiger partial charge in [0.2, 0.25) is 0 Å². The highest BCUT2D eigenvalue weighted by Gasteiger charge is 2.54. The van der Waals surface area contributed by atoms with Gasteiger partial charge in [-0.05, 0) is 28.5 Å². The summed E-state index contributed by atoms with van der Waals surface area (Å²) >= 11 is 0. The third kappa shape index (κ3) is 2.87. The van der Waals surface area contributed by atoms with Gasteiger partial charge < -0.3 is 14.9 Å². The number of hydrogen-bond acceptors (Lipinski definition) is 3. The van der Waals surface area contributed by atoms with Crippen molar-refractivity contribution >= 4 is 22.8 Å². The highest BCUT2D eigenvalue weighted by Crippen LogP contribution is 2.36. The average Bonchev–Trinajstić information content (AvgIpc) is 3.02. The zero-order chi connectivity index (χ0) is 18.9. The molecule has 1 amide bonds. The monoisotopic (exact) mass is 353 g/mol. The number of carbonyl (C=O) groups is 2. The van der Waals surface area contributed by atoms with Crippen LogP contribution in [0.2, 0.25) is 0 Å². The summed E-state index contributed by atoms with van der Waals surface area (Å²) in [4.78, 5) is 24.9. The Balaban J connectivity index is 2.12. The fourth-order valence-electron chi connectivity index (χ4n) is 3.69. The Hall–Kier alpha value is -3.04. The number of benzene rings is 2. The number of ether oxygens (including phenoxy) is 1. The standard InChI is InChI=1S/C20H19NO5/c1-3-13-7-8-14-5-4-6-15(17(14)9-13)10-20(18(22)23)11-16(26-2)12-21(20)19(24)25/h1,4-9,16H,10-12H2,2H3,(H,22,23)(H,24,25)/t16-,20+/m1/s1. The van der Waals surface area contributed by atoms with E-state index in [2.05, 4.69) is 5.92 Å². The zero-order valence-electron chi connectivity index (χ0n) is 14.3. The lowest BCUT2D eigenvalue weighted by Gasteiger charge is -2.32. The fourth-order valence-corrected chi connectivity index (χ4v) is 3.69. The van der Waals surface area contributed by atoms with Crippen LogP contribution in [0.25, 0.3) is 10.8 Å². The Kier molecular flexibility index (Phi) is 4.58. The van der Waals surface area contributed by atoms with Crippen molar-refractivity contribution in [2.75, 3.05) is 13.7 Å². The molecule has 2 aromatic rings. The van der Waals surface area contributed by atoms with Crippen molar-refractivity contribution in [3.05, 3.63) is 47.5 Å². The normalized spacial score (nSPS) is 22.3. The van der Waals surface area contributed by atoms with E-state index in [0.29, 0.717) is 5.56 Å². The predicted molar refractivity (Wildman–Crippen MR) is 96.1 cm³/mol. The summed E-state index contributed by atoms with van der Waals surface area (Å²) in [5.41, 5.74) is -0.150. The van der Waals surface area contributed by atoms with E-state index in [9.17, 15) is 19.8 Å². The first kappa shape index (κ1) is 17.8. The topological polar surface area (TPSA) is 87.1 Å². The Morgan fingerprint density at radius 2 is 2.12 bits per heavy atom. The molecule has 1 heterocycles. The van der Waals surface area contributed by atoms with Crippen LogP contribution in [0.5, 0.6) is 0 Å². The van der Waals surface area contributed by atoms with Crippen molar-refractivity contribution in [1.29, 1.82) is 0 Å². The number of carboxylic acid groups (broad SMARTS) is 2. The molecule has 2 atom stereocenters. The molecule has 2 N–H and O–H groups in total. The summed E-state index contributed by atoms with van der Waals surface area (Å²) in [6, 6.07) is 11.1. The molecule has 0 aliphatic carbocycles. The number of amides is 1. The summed E-state index contributed by atoms with van der Waals surface area (Å²) in [5.74, 6) is 1.40. The second-order valence-corrected chi connectivity index (χ2v) is 6.47. The third-order valence-electron chi connectivity index (χ3n) is 5.05. The van der Waals surface area contributed by atoms with E-state index in [1.807, 2.05) is 36.4 Å². The molecule has 0 bridgehead atoms. The first-order valence-electron chi connectivity index (χ1n) is 8.16. The average molecular weight is 353 g/mol. The van der Waals surface area contributed by atoms with Crippen molar-refractivity contribution in [2.45, 2.75) is 24.5 Å². The van der Waals surface area contributed by atoms with Gasteiger partial charge in [-0.15, -0.1) is 6.42 Å². The fraction of sp³-hybridized carbons (Fsp3) is 0.300. The highest BCUT2D eigenvalue weighted by molar-refractivity contribution is 5.90. The van der Waals surface area contributed by atoms with Gasteiger partial charge in [-0.25, -0.2) is 9.59 Å². The molecular weight excluding hydrogens is 334 g/mol. The lowest BCUT2D eigenvalue weighted by Crippen LogP contribution is -2.54. The van der Waals surface area contributed by atoms with Crippen molar-refractivity contribution in [3.63, 3.8) is 0 Å². The van der Waals surface area contributed by atoms with Crippen LogP contribution in [-0.4, -0.2) is 52.5 Å². The van der Waals surface area contributed by atoms with E-state index in [0.717, 1.165) is 21.2 Å². The Morgan fingerprint density at radius 1 is 1.35 bits per heavy atom. The molecule has 0 aromatic heterocycles. The number of nitrogens with zero attached hydrogens (tertiary/aromatic N) is 1. The number of fused-ring (bicyclic) bond motifs is 1. The maximum Gasteiger partial charge on any atom is 0.408 e. The Morgan fingerprint density at radius 3 is 2.73 bits per heavy atom. The van der Waals surface area contributed by atoms with Crippen LogP contribution in [0.4, 0.5) is 4.79 Å². The molecule has 134 valence electrons. The van der Waals surface area contributed by atoms with Gasteiger partial charge in [0.05, 0.1) is 12.6 Å². The van der Waals surface area contributed by atoms with Gasteiger partial charge >= 0.3 is 12.1 Å². The Bertz CT molecular complexity index is 916. The summed E-state index contributed by atoms with van der Waals surface area (Å²) in [6.07, 6.45) is 3.89. The first-order valence-corrected chi connectivity index (χ1v) is 8.16. The molecule has 1 aliphatic rings. The predicted octanol–water partition coefficient (Wildman–Crippen LogP) is 2.59. The number of likely N-dealkylation sites (tertiary alicyclic amines) is 1.